The van der Waals surface area contributed by atoms with Crippen LogP contribution in [0.2, 0.25) is 5.02 Å². The summed E-state index contributed by atoms with van der Waals surface area (Å²) in [7, 11) is 0. The molecule has 0 spiro atoms. The summed E-state index contributed by atoms with van der Waals surface area (Å²) in [4.78, 5) is 0. The van der Waals surface area contributed by atoms with Crippen LogP contribution in [0, 0.1) is 0 Å². The second-order valence-corrected chi connectivity index (χ2v) is 7.07. The number of unbranched alkanes of at least 4 members (excludes halogenated alkanes) is 1. The fraction of sp³-hybridized carbons (Fsp3) is 0.400. The molecular weight excluding hydrogens is 418 g/mol. The van der Waals surface area contributed by atoms with Gasteiger partial charge in [-0.3, -0.25) is 0 Å². The van der Waals surface area contributed by atoms with Crippen LogP contribution in [0.5, 0.6) is 11.5 Å². The minimum absolute atomic E-state index is 0.233. The number of aliphatic hydroxyl groups is 1. The Morgan fingerprint density at radius 3 is 2.58 bits per heavy atom. The fourth-order valence-electron chi connectivity index (χ4n) is 2.45. The van der Waals surface area contributed by atoms with Gasteiger partial charge >= 0.3 is 0 Å². The predicted octanol–water partition coefficient (Wildman–Crippen LogP) is 4.94. The van der Waals surface area contributed by atoms with Gasteiger partial charge in [-0.1, -0.05) is 45.7 Å². The summed E-state index contributed by atoms with van der Waals surface area (Å²) in [6.45, 7) is 4.71. The lowest BCUT2D eigenvalue weighted by molar-refractivity contribution is 0.269. The van der Waals surface area contributed by atoms with Crippen molar-refractivity contribution in [3.8, 4) is 11.5 Å². The normalized spacial score (nSPS) is 10.8. The van der Waals surface area contributed by atoms with E-state index in [1.54, 1.807) is 0 Å². The number of aliphatic hydroxyl groups excluding tert-OH is 1. The monoisotopic (exact) mass is 441 g/mol. The Kier molecular flexibility index (Phi) is 9.26. The molecule has 0 heterocycles. The average molecular weight is 443 g/mol. The van der Waals surface area contributed by atoms with E-state index >= 15 is 0 Å². The quantitative estimate of drug-likeness (QED) is 0.484. The Hall–Kier alpha value is -1.27. The van der Waals surface area contributed by atoms with E-state index in [9.17, 15) is 0 Å². The van der Waals surface area contributed by atoms with E-state index in [0.717, 1.165) is 47.3 Å². The number of hydrogen-bond acceptors (Lipinski definition) is 4. The first-order valence-corrected chi connectivity index (χ1v) is 9.95. The summed E-state index contributed by atoms with van der Waals surface area (Å²) in [5.41, 5.74) is 2.03. The smallest absolute Gasteiger partial charge is 0.162 e. The molecule has 26 heavy (non-hydrogen) atoms. The van der Waals surface area contributed by atoms with Crippen molar-refractivity contribution in [2.45, 2.75) is 32.9 Å². The van der Waals surface area contributed by atoms with Gasteiger partial charge < -0.3 is 19.9 Å². The summed E-state index contributed by atoms with van der Waals surface area (Å²) in [5.74, 6) is 1.40. The second kappa shape index (κ2) is 11.4. The molecular formula is C20H25BrClNO3. The highest BCUT2D eigenvalue weighted by Crippen LogP contribution is 2.34. The number of hydrogen-bond donors (Lipinski definition) is 2. The minimum atomic E-state index is 0.233. The zero-order valence-corrected chi connectivity index (χ0v) is 17.3. The Morgan fingerprint density at radius 2 is 1.85 bits per heavy atom. The number of ether oxygens (including phenoxy) is 2. The van der Waals surface area contributed by atoms with Crippen molar-refractivity contribution >= 4 is 27.5 Å². The van der Waals surface area contributed by atoms with Crippen LogP contribution in [0.1, 0.15) is 30.9 Å². The van der Waals surface area contributed by atoms with Crippen LogP contribution >= 0.6 is 27.5 Å². The van der Waals surface area contributed by atoms with Crippen LogP contribution < -0.4 is 14.8 Å². The van der Waals surface area contributed by atoms with Crippen molar-refractivity contribution in [3.63, 3.8) is 0 Å². The van der Waals surface area contributed by atoms with Crippen LogP contribution in [-0.4, -0.2) is 24.9 Å². The summed E-state index contributed by atoms with van der Waals surface area (Å²) in [6.07, 6.45) is 1.76. The van der Waals surface area contributed by atoms with Crippen molar-refractivity contribution in [2.75, 3.05) is 19.8 Å². The van der Waals surface area contributed by atoms with Crippen molar-refractivity contribution in [1.82, 2.24) is 5.32 Å². The Labute approximate surface area is 168 Å². The van der Waals surface area contributed by atoms with Gasteiger partial charge in [0, 0.05) is 28.2 Å². The van der Waals surface area contributed by atoms with E-state index in [4.69, 9.17) is 26.2 Å². The van der Waals surface area contributed by atoms with Gasteiger partial charge in [-0.2, -0.15) is 0 Å². The van der Waals surface area contributed by atoms with E-state index in [0.29, 0.717) is 24.0 Å². The largest absolute Gasteiger partial charge is 0.490 e. The summed E-state index contributed by atoms with van der Waals surface area (Å²) in [5, 5.41) is 12.9. The molecule has 0 bridgehead atoms. The molecule has 0 saturated carbocycles. The molecule has 142 valence electrons. The molecule has 0 aliphatic carbocycles. The molecule has 0 amide bonds. The third-order valence-corrected chi connectivity index (χ3v) is 4.94. The number of nitrogens with one attached hydrogen (secondary N) is 1. The second-order valence-electron chi connectivity index (χ2n) is 5.81. The van der Waals surface area contributed by atoms with Crippen LogP contribution in [0.4, 0.5) is 0 Å². The molecule has 2 aromatic rings. The topological polar surface area (TPSA) is 50.7 Å². The van der Waals surface area contributed by atoms with Gasteiger partial charge in [0.15, 0.2) is 11.5 Å². The highest BCUT2D eigenvalue weighted by Gasteiger charge is 2.12. The summed E-state index contributed by atoms with van der Waals surface area (Å²) >= 11 is 9.81. The van der Waals surface area contributed by atoms with Crippen molar-refractivity contribution < 1.29 is 14.6 Å². The van der Waals surface area contributed by atoms with Crippen LogP contribution in [0.3, 0.4) is 0 Å². The van der Waals surface area contributed by atoms with Gasteiger partial charge in [-0.15, -0.1) is 0 Å². The zero-order chi connectivity index (χ0) is 18.8. The lowest BCUT2D eigenvalue weighted by Gasteiger charge is -2.16. The summed E-state index contributed by atoms with van der Waals surface area (Å²) < 4.78 is 12.7. The average Bonchev–Trinajstić information content (AvgIpc) is 2.63. The third kappa shape index (κ3) is 6.47. The molecule has 6 heteroatoms. The minimum Gasteiger partial charge on any atom is -0.490 e. The molecule has 2 aromatic carbocycles. The van der Waals surface area contributed by atoms with Gasteiger partial charge in [-0.25, -0.2) is 0 Å². The standard InChI is InChI=1S/C20H25BrClNO3/c1-2-25-19-11-16(13-23-9-5-6-10-24)17(21)12-20(19)26-14-15-7-3-4-8-18(15)22/h3-4,7-8,11-12,23-24H,2,5-6,9-10,13-14H2,1H3. The van der Waals surface area contributed by atoms with Gasteiger partial charge in [0.05, 0.1) is 6.61 Å². The zero-order valence-electron chi connectivity index (χ0n) is 14.9. The van der Waals surface area contributed by atoms with E-state index in [2.05, 4.69) is 21.2 Å². The molecule has 0 radical (unpaired) electrons. The Balaban J connectivity index is 2.06. The highest BCUT2D eigenvalue weighted by molar-refractivity contribution is 9.10. The van der Waals surface area contributed by atoms with Crippen LogP contribution in [-0.2, 0) is 13.2 Å². The number of halogens is 2. The van der Waals surface area contributed by atoms with E-state index in [1.165, 1.54) is 0 Å². The fourth-order valence-corrected chi connectivity index (χ4v) is 3.10. The van der Waals surface area contributed by atoms with Crippen molar-refractivity contribution in [1.29, 1.82) is 0 Å². The first-order chi connectivity index (χ1) is 12.7. The molecule has 0 atom stereocenters. The van der Waals surface area contributed by atoms with Gasteiger partial charge in [-0.05, 0) is 50.1 Å². The van der Waals surface area contributed by atoms with E-state index < -0.39 is 0 Å². The molecule has 2 rings (SSSR count). The first kappa shape index (κ1) is 21.0. The van der Waals surface area contributed by atoms with Crippen LogP contribution in [0.15, 0.2) is 40.9 Å². The van der Waals surface area contributed by atoms with E-state index in [1.807, 2.05) is 43.3 Å². The molecule has 0 aliphatic rings. The predicted molar refractivity (Wildman–Crippen MR) is 109 cm³/mol. The third-order valence-electron chi connectivity index (χ3n) is 3.83. The summed E-state index contributed by atoms with van der Waals surface area (Å²) in [6, 6.07) is 11.6. The van der Waals surface area contributed by atoms with Gasteiger partial charge in [0.2, 0.25) is 0 Å². The van der Waals surface area contributed by atoms with E-state index in [-0.39, 0.29) is 6.61 Å². The first-order valence-electron chi connectivity index (χ1n) is 8.78. The maximum absolute atomic E-state index is 8.83. The lowest BCUT2D eigenvalue weighted by atomic mass is 10.2. The molecule has 0 aromatic heterocycles. The highest BCUT2D eigenvalue weighted by atomic mass is 79.9. The van der Waals surface area contributed by atoms with Crippen molar-refractivity contribution in [2.24, 2.45) is 0 Å². The number of benzene rings is 2. The molecule has 2 N–H and O–H groups in total. The van der Waals surface area contributed by atoms with Gasteiger partial charge in [0.1, 0.15) is 6.61 Å². The Morgan fingerprint density at radius 1 is 1.08 bits per heavy atom. The molecule has 0 aliphatic heterocycles. The SMILES string of the molecule is CCOc1cc(CNCCCCO)c(Br)cc1OCc1ccccc1Cl. The molecule has 0 unspecified atom stereocenters. The Bertz CT molecular complexity index is 697. The maximum Gasteiger partial charge on any atom is 0.162 e. The van der Waals surface area contributed by atoms with Crippen LogP contribution in [0.25, 0.3) is 0 Å². The molecule has 0 saturated heterocycles. The maximum atomic E-state index is 8.83. The van der Waals surface area contributed by atoms with Crippen molar-refractivity contribution in [3.05, 3.63) is 57.0 Å². The molecule has 4 nitrogen and oxygen atoms in total. The van der Waals surface area contributed by atoms with Gasteiger partial charge in [0.25, 0.3) is 0 Å². The molecule has 0 fully saturated rings. The lowest BCUT2D eigenvalue weighted by Crippen LogP contribution is -2.15. The number of rotatable bonds is 11.